The summed E-state index contributed by atoms with van der Waals surface area (Å²) in [5, 5.41) is 12.4. The number of benzene rings is 2. The largest absolute Gasteiger partial charge is 0.494 e. The minimum atomic E-state index is -3.61. The van der Waals surface area contributed by atoms with Crippen molar-refractivity contribution in [2.75, 3.05) is 64.1 Å². The number of fused-ring (bicyclic) bond motifs is 3. The SMILES string of the molecule is CCCCC1(CCCC)CS(=O)(=O)c2ccc(N(C)C)cc2[C@@H](c2ccc(OCCCC[N+]3=C4CCN(CC3)C4)cc2)[C@H]1O. The zero-order valence-electron chi connectivity index (χ0n) is 27.4. The molecule has 3 atom stereocenters. The minimum absolute atomic E-state index is 0.0118. The molecule has 242 valence electrons. The Hall–Kier alpha value is -2.42. The summed E-state index contributed by atoms with van der Waals surface area (Å²) < 4.78 is 36.8. The summed E-state index contributed by atoms with van der Waals surface area (Å²) in [4.78, 5) is 4.90. The van der Waals surface area contributed by atoms with Crippen LogP contribution >= 0.6 is 0 Å². The first kappa shape index (κ1) is 33.0. The molecule has 2 aromatic carbocycles. The third kappa shape index (κ3) is 7.18. The summed E-state index contributed by atoms with van der Waals surface area (Å²) in [5.74, 6) is 0.356. The molecule has 1 saturated heterocycles. The molecule has 1 unspecified atom stereocenters. The molecule has 0 aromatic heterocycles. The van der Waals surface area contributed by atoms with Gasteiger partial charge in [0.1, 0.15) is 12.3 Å². The van der Waals surface area contributed by atoms with Crippen LogP contribution in [0.3, 0.4) is 0 Å². The molecule has 5 rings (SSSR count). The molecule has 2 aromatic rings. The molecular weight excluding hydrogens is 570 g/mol. The summed E-state index contributed by atoms with van der Waals surface area (Å²) in [7, 11) is 0.316. The first-order valence-corrected chi connectivity index (χ1v) is 18.6. The molecule has 44 heavy (non-hydrogen) atoms. The lowest BCUT2D eigenvalue weighted by atomic mass is 9.68. The Morgan fingerprint density at radius 2 is 1.73 bits per heavy atom. The van der Waals surface area contributed by atoms with E-state index in [9.17, 15) is 13.5 Å². The number of sulfone groups is 1. The van der Waals surface area contributed by atoms with E-state index in [4.69, 9.17) is 4.74 Å². The number of unbranched alkanes of at least 4 members (excludes halogenated alkanes) is 3. The van der Waals surface area contributed by atoms with E-state index in [-0.39, 0.29) is 5.75 Å². The second-order valence-electron chi connectivity index (χ2n) is 13.6. The number of anilines is 1. The van der Waals surface area contributed by atoms with Crippen LogP contribution in [0.4, 0.5) is 5.69 Å². The van der Waals surface area contributed by atoms with Gasteiger partial charge in [-0.15, -0.1) is 0 Å². The Kier molecular flexibility index (Phi) is 10.7. The summed E-state index contributed by atoms with van der Waals surface area (Å²) in [6.07, 6.45) is 7.64. The molecule has 3 heterocycles. The van der Waals surface area contributed by atoms with E-state index in [1.54, 1.807) is 11.8 Å². The summed E-state index contributed by atoms with van der Waals surface area (Å²) >= 11 is 0. The molecule has 3 aliphatic rings. The molecular formula is C36H54N3O4S+. The van der Waals surface area contributed by atoms with Crippen molar-refractivity contribution >= 4 is 21.2 Å². The fraction of sp³-hybridized carbons (Fsp3) is 0.639. The molecule has 7 nitrogen and oxygen atoms in total. The van der Waals surface area contributed by atoms with Crippen LogP contribution in [0.15, 0.2) is 47.4 Å². The van der Waals surface area contributed by atoms with Crippen molar-refractivity contribution in [1.29, 1.82) is 0 Å². The topological polar surface area (TPSA) is 73.1 Å². The first-order chi connectivity index (χ1) is 21.2. The maximum Gasteiger partial charge on any atom is 0.179 e. The number of aliphatic hydroxyl groups is 1. The third-order valence-electron chi connectivity index (χ3n) is 10.2. The zero-order chi connectivity index (χ0) is 31.3. The fourth-order valence-electron chi connectivity index (χ4n) is 7.60. The maximum atomic E-state index is 14.1. The van der Waals surface area contributed by atoms with E-state index in [1.807, 2.05) is 55.4 Å². The van der Waals surface area contributed by atoms with E-state index in [1.165, 1.54) is 19.5 Å². The van der Waals surface area contributed by atoms with Gasteiger partial charge in [0.15, 0.2) is 22.1 Å². The predicted octanol–water partition coefficient (Wildman–Crippen LogP) is 5.73. The lowest BCUT2D eigenvalue weighted by Crippen LogP contribution is -2.43. The van der Waals surface area contributed by atoms with Crippen molar-refractivity contribution in [3.05, 3.63) is 53.6 Å². The van der Waals surface area contributed by atoms with E-state index < -0.39 is 27.3 Å². The Labute approximate surface area is 265 Å². The van der Waals surface area contributed by atoms with Crippen LogP contribution in [0.1, 0.15) is 88.7 Å². The highest BCUT2D eigenvalue weighted by atomic mass is 32.2. The summed E-state index contributed by atoms with van der Waals surface area (Å²) in [6, 6.07) is 13.7. The molecule has 2 bridgehead atoms. The number of rotatable bonds is 14. The minimum Gasteiger partial charge on any atom is -0.494 e. The quantitative estimate of drug-likeness (QED) is 0.214. The smallest absolute Gasteiger partial charge is 0.179 e. The molecule has 0 saturated carbocycles. The molecule has 0 radical (unpaired) electrons. The second-order valence-corrected chi connectivity index (χ2v) is 15.5. The van der Waals surface area contributed by atoms with Crippen LogP contribution in [0, 0.1) is 5.41 Å². The highest BCUT2D eigenvalue weighted by molar-refractivity contribution is 7.91. The Morgan fingerprint density at radius 3 is 2.41 bits per heavy atom. The van der Waals surface area contributed by atoms with Gasteiger partial charge in [-0.05, 0) is 60.7 Å². The van der Waals surface area contributed by atoms with Crippen LogP contribution in [0.25, 0.3) is 0 Å². The van der Waals surface area contributed by atoms with Crippen LogP contribution in [0.5, 0.6) is 5.75 Å². The van der Waals surface area contributed by atoms with Gasteiger partial charge in [0.25, 0.3) is 0 Å². The lowest BCUT2D eigenvalue weighted by molar-refractivity contribution is -0.533. The zero-order valence-corrected chi connectivity index (χ0v) is 28.2. The Morgan fingerprint density at radius 1 is 1.00 bits per heavy atom. The average molecular weight is 625 g/mol. The standard InChI is InChI=1S/C36H54N3O4S/c1-5-7-18-36(19-8-6-2)27-44(41,42)33-16-13-29(37(3)4)25-32(33)34(35(36)40)28-11-14-31(15-12-28)43-24-10-9-20-39-23-22-38-21-17-30(39)26-38/h11-16,25,34-35,40H,5-10,17-24,26-27H2,1-4H3/q+1/t34-,35-/m1/s1. The van der Waals surface area contributed by atoms with Crippen molar-refractivity contribution in [3.8, 4) is 5.75 Å². The van der Waals surface area contributed by atoms with Gasteiger partial charge in [0, 0.05) is 50.5 Å². The van der Waals surface area contributed by atoms with Crippen LogP contribution in [-0.2, 0) is 9.84 Å². The Bertz CT molecular complexity index is 1390. The van der Waals surface area contributed by atoms with Crippen LogP contribution < -0.4 is 9.64 Å². The van der Waals surface area contributed by atoms with Crippen molar-refractivity contribution in [2.45, 2.75) is 88.6 Å². The molecule has 8 heteroatoms. The van der Waals surface area contributed by atoms with Crippen molar-refractivity contribution in [3.63, 3.8) is 0 Å². The average Bonchev–Trinajstić information content (AvgIpc) is 3.38. The molecule has 1 N–H and O–H groups in total. The number of aliphatic hydroxyl groups excluding tert-OH is 1. The number of nitrogens with zero attached hydrogens (tertiary/aromatic N) is 3. The molecule has 0 amide bonds. The van der Waals surface area contributed by atoms with Crippen LogP contribution in [0.2, 0.25) is 0 Å². The fourth-order valence-corrected chi connectivity index (χ4v) is 9.79. The monoisotopic (exact) mass is 624 g/mol. The van der Waals surface area contributed by atoms with Gasteiger partial charge < -0.3 is 14.7 Å². The van der Waals surface area contributed by atoms with E-state index in [0.717, 1.165) is 75.2 Å². The van der Waals surface area contributed by atoms with Gasteiger partial charge in [0.05, 0.1) is 36.4 Å². The maximum absolute atomic E-state index is 14.1. The van der Waals surface area contributed by atoms with Gasteiger partial charge >= 0.3 is 0 Å². The van der Waals surface area contributed by atoms with E-state index in [2.05, 4.69) is 23.3 Å². The predicted molar refractivity (Wildman–Crippen MR) is 179 cm³/mol. The normalized spacial score (nSPS) is 23.7. The van der Waals surface area contributed by atoms with E-state index >= 15 is 0 Å². The highest BCUT2D eigenvalue weighted by Gasteiger charge is 2.49. The molecule has 3 aliphatic heterocycles. The molecule has 0 aliphatic carbocycles. The number of hydrogen-bond acceptors (Lipinski definition) is 6. The van der Waals surface area contributed by atoms with Gasteiger partial charge in [-0.3, -0.25) is 4.90 Å². The van der Waals surface area contributed by atoms with Gasteiger partial charge in [0.2, 0.25) is 0 Å². The Balaban J connectivity index is 1.38. The van der Waals surface area contributed by atoms with Crippen molar-refractivity contribution < 1.29 is 22.8 Å². The lowest BCUT2D eigenvalue weighted by Gasteiger charge is -2.40. The van der Waals surface area contributed by atoms with Crippen molar-refractivity contribution in [2.24, 2.45) is 5.41 Å². The highest BCUT2D eigenvalue weighted by Crippen LogP contribution is 2.50. The summed E-state index contributed by atoms with van der Waals surface area (Å²) in [5.41, 5.74) is 3.47. The van der Waals surface area contributed by atoms with Gasteiger partial charge in [-0.25, -0.2) is 13.0 Å². The van der Waals surface area contributed by atoms with Gasteiger partial charge in [-0.1, -0.05) is 51.7 Å². The second kappa shape index (κ2) is 14.3. The van der Waals surface area contributed by atoms with Crippen LogP contribution in [-0.4, -0.2) is 94.0 Å². The van der Waals surface area contributed by atoms with Gasteiger partial charge in [-0.2, -0.15) is 0 Å². The third-order valence-corrected chi connectivity index (χ3v) is 12.2. The molecule has 1 fully saturated rings. The first-order valence-electron chi connectivity index (χ1n) is 16.9. The van der Waals surface area contributed by atoms with E-state index in [0.29, 0.717) is 29.9 Å². The number of hydrogen-bond donors (Lipinski definition) is 1. The molecule has 0 spiro atoms. The number of ether oxygens (including phenoxy) is 1. The summed E-state index contributed by atoms with van der Waals surface area (Å²) in [6.45, 7) is 10.8. The van der Waals surface area contributed by atoms with Crippen molar-refractivity contribution in [1.82, 2.24) is 4.90 Å².